The highest BCUT2D eigenvalue weighted by atomic mass is 32.2. The van der Waals surface area contributed by atoms with E-state index in [2.05, 4.69) is 15.5 Å². The minimum Gasteiger partial charge on any atom is -0.478 e. The van der Waals surface area contributed by atoms with Crippen LogP contribution in [-0.2, 0) is 0 Å². The molecule has 1 fully saturated rings. The molecule has 0 spiro atoms. The zero-order chi connectivity index (χ0) is 14.3. The maximum absolute atomic E-state index is 13.7. The fourth-order valence-electron chi connectivity index (χ4n) is 1.72. The van der Waals surface area contributed by atoms with Crippen molar-refractivity contribution in [2.24, 2.45) is 0 Å². The average molecular weight is 295 g/mol. The van der Waals surface area contributed by atoms with Crippen LogP contribution in [-0.4, -0.2) is 31.3 Å². The van der Waals surface area contributed by atoms with Crippen molar-refractivity contribution >= 4 is 23.4 Å². The Morgan fingerprint density at radius 1 is 1.50 bits per heavy atom. The number of tetrazole rings is 1. The number of carboxylic acids is 1. The minimum atomic E-state index is -1.35. The number of hydrogen-bond acceptors (Lipinski definition) is 6. The van der Waals surface area contributed by atoms with Crippen molar-refractivity contribution in [2.75, 3.05) is 5.73 Å². The maximum Gasteiger partial charge on any atom is 0.338 e. The molecule has 3 rings (SSSR count). The number of aromatic nitrogens is 4. The smallest absolute Gasteiger partial charge is 0.338 e. The van der Waals surface area contributed by atoms with E-state index in [4.69, 9.17) is 10.8 Å². The Morgan fingerprint density at radius 2 is 2.25 bits per heavy atom. The number of anilines is 1. The Hall–Kier alpha value is -2.16. The van der Waals surface area contributed by atoms with Gasteiger partial charge in [-0.3, -0.25) is 0 Å². The van der Waals surface area contributed by atoms with Gasteiger partial charge in [0.05, 0.1) is 11.6 Å². The molecule has 1 aliphatic carbocycles. The van der Waals surface area contributed by atoms with E-state index in [1.54, 1.807) is 4.68 Å². The second-order valence-corrected chi connectivity index (χ2v) is 5.42. The van der Waals surface area contributed by atoms with E-state index in [1.807, 2.05) is 0 Å². The zero-order valence-corrected chi connectivity index (χ0v) is 11.0. The minimum absolute atomic E-state index is 0.180. The Labute approximate surface area is 117 Å². The number of nitrogens with two attached hydrogens (primary N) is 1. The summed E-state index contributed by atoms with van der Waals surface area (Å²) in [5.74, 6) is -2.19. The quantitative estimate of drug-likeness (QED) is 0.824. The molecule has 0 bridgehead atoms. The van der Waals surface area contributed by atoms with E-state index in [0.29, 0.717) is 10.1 Å². The van der Waals surface area contributed by atoms with Gasteiger partial charge in [-0.05, 0) is 47.2 Å². The average Bonchev–Trinajstić information content (AvgIpc) is 3.14. The largest absolute Gasteiger partial charge is 0.478 e. The molecule has 0 aliphatic heterocycles. The van der Waals surface area contributed by atoms with Gasteiger partial charge >= 0.3 is 5.97 Å². The van der Waals surface area contributed by atoms with E-state index in [9.17, 15) is 9.18 Å². The van der Waals surface area contributed by atoms with Crippen LogP contribution in [0.4, 0.5) is 10.1 Å². The first kappa shape index (κ1) is 12.9. The van der Waals surface area contributed by atoms with Crippen LogP contribution in [0.5, 0.6) is 0 Å². The number of halogens is 1. The van der Waals surface area contributed by atoms with Gasteiger partial charge in [0.15, 0.2) is 0 Å². The zero-order valence-electron chi connectivity index (χ0n) is 10.2. The van der Waals surface area contributed by atoms with Crippen molar-refractivity contribution < 1.29 is 14.3 Å². The summed E-state index contributed by atoms with van der Waals surface area (Å²) in [7, 11) is 0. The molecule has 0 unspecified atom stereocenters. The SMILES string of the molecule is Nc1cc(C(=O)O)c(F)cc1Sc1nnnn1C1CC1. The third-order valence-electron chi connectivity index (χ3n) is 2.89. The fraction of sp³-hybridized carbons (Fsp3) is 0.273. The predicted octanol–water partition coefficient (Wildman–Crippen LogP) is 1.58. The molecular weight excluding hydrogens is 285 g/mol. The molecule has 1 aromatic heterocycles. The summed E-state index contributed by atoms with van der Waals surface area (Å²) < 4.78 is 15.3. The maximum atomic E-state index is 13.7. The lowest BCUT2D eigenvalue weighted by Crippen LogP contribution is -2.04. The standard InChI is InChI=1S/C11H10FN5O2S/c12-7-4-9(8(13)3-6(7)10(18)19)20-11-14-15-16-17(11)5-1-2-5/h3-5H,1-2,13H2,(H,18,19). The van der Waals surface area contributed by atoms with Crippen LogP contribution in [0.15, 0.2) is 22.2 Å². The molecule has 1 aromatic carbocycles. The highest BCUT2D eigenvalue weighted by Gasteiger charge is 2.28. The fourth-order valence-corrected chi connectivity index (χ4v) is 2.62. The van der Waals surface area contributed by atoms with E-state index < -0.39 is 17.3 Å². The topological polar surface area (TPSA) is 107 Å². The number of nitrogens with zero attached hydrogens (tertiary/aromatic N) is 4. The lowest BCUT2D eigenvalue weighted by Gasteiger charge is -2.07. The van der Waals surface area contributed by atoms with Crippen LogP contribution < -0.4 is 5.73 Å². The molecule has 20 heavy (non-hydrogen) atoms. The molecular formula is C11H10FN5O2S. The van der Waals surface area contributed by atoms with Gasteiger partial charge in [-0.15, -0.1) is 5.10 Å². The van der Waals surface area contributed by atoms with Gasteiger partial charge in [-0.25, -0.2) is 13.9 Å². The van der Waals surface area contributed by atoms with Gasteiger partial charge in [0.1, 0.15) is 5.82 Å². The van der Waals surface area contributed by atoms with E-state index in [1.165, 1.54) is 0 Å². The molecule has 0 radical (unpaired) electrons. The van der Waals surface area contributed by atoms with Crippen LogP contribution in [0.25, 0.3) is 0 Å². The van der Waals surface area contributed by atoms with Gasteiger partial charge in [0.25, 0.3) is 0 Å². The molecule has 3 N–H and O–H groups in total. The number of nitrogen functional groups attached to an aromatic ring is 1. The number of hydrogen-bond donors (Lipinski definition) is 2. The van der Waals surface area contributed by atoms with Crippen LogP contribution in [0.3, 0.4) is 0 Å². The first-order valence-corrected chi connectivity index (χ1v) is 6.66. The Kier molecular flexibility index (Phi) is 3.05. The van der Waals surface area contributed by atoms with Gasteiger partial charge < -0.3 is 10.8 Å². The summed E-state index contributed by atoms with van der Waals surface area (Å²) in [6.45, 7) is 0. The molecule has 1 heterocycles. The first-order valence-electron chi connectivity index (χ1n) is 5.84. The van der Waals surface area contributed by atoms with Crippen molar-refractivity contribution in [3.8, 4) is 0 Å². The van der Waals surface area contributed by atoms with E-state index >= 15 is 0 Å². The third kappa shape index (κ3) is 2.31. The second kappa shape index (κ2) is 4.75. The third-order valence-corrected chi connectivity index (χ3v) is 3.91. The number of carboxylic acid groups (broad SMARTS) is 1. The monoisotopic (exact) mass is 295 g/mol. The second-order valence-electron chi connectivity index (χ2n) is 4.41. The highest BCUT2D eigenvalue weighted by molar-refractivity contribution is 7.99. The molecule has 9 heteroatoms. The molecule has 0 atom stereocenters. The molecule has 1 aliphatic rings. The van der Waals surface area contributed by atoms with Crippen LogP contribution >= 0.6 is 11.8 Å². The van der Waals surface area contributed by atoms with Gasteiger partial charge in [-0.1, -0.05) is 0 Å². The number of aromatic carboxylic acids is 1. The summed E-state index contributed by atoms with van der Waals surface area (Å²) in [5.41, 5.74) is 5.49. The van der Waals surface area contributed by atoms with Crippen LogP contribution in [0, 0.1) is 5.82 Å². The summed E-state index contributed by atoms with van der Waals surface area (Å²) in [6, 6.07) is 2.48. The lowest BCUT2D eigenvalue weighted by molar-refractivity contribution is 0.0692. The van der Waals surface area contributed by atoms with Crippen LogP contribution in [0.2, 0.25) is 0 Å². The van der Waals surface area contributed by atoms with Crippen molar-refractivity contribution in [2.45, 2.75) is 28.9 Å². The number of benzene rings is 1. The van der Waals surface area contributed by atoms with Gasteiger partial charge in [0, 0.05) is 10.6 Å². The van der Waals surface area contributed by atoms with Crippen molar-refractivity contribution in [1.82, 2.24) is 20.2 Å². The molecule has 7 nitrogen and oxygen atoms in total. The summed E-state index contributed by atoms with van der Waals surface area (Å²) >= 11 is 1.12. The summed E-state index contributed by atoms with van der Waals surface area (Å²) in [6.07, 6.45) is 2.03. The lowest BCUT2D eigenvalue weighted by atomic mass is 10.2. The molecule has 104 valence electrons. The van der Waals surface area contributed by atoms with Gasteiger partial charge in [0.2, 0.25) is 5.16 Å². The first-order chi connectivity index (χ1) is 9.56. The molecule has 2 aromatic rings. The molecule has 1 saturated carbocycles. The normalized spacial score (nSPS) is 14.4. The Bertz CT molecular complexity index is 685. The Morgan fingerprint density at radius 3 is 2.90 bits per heavy atom. The van der Waals surface area contributed by atoms with Crippen molar-refractivity contribution in [3.63, 3.8) is 0 Å². The predicted molar refractivity (Wildman–Crippen MR) is 68.0 cm³/mol. The van der Waals surface area contributed by atoms with Crippen molar-refractivity contribution in [3.05, 3.63) is 23.5 Å². The number of rotatable bonds is 4. The molecule has 0 saturated heterocycles. The van der Waals surface area contributed by atoms with Crippen molar-refractivity contribution in [1.29, 1.82) is 0 Å². The van der Waals surface area contributed by atoms with Gasteiger partial charge in [-0.2, -0.15) is 0 Å². The molecule has 0 amide bonds. The Balaban J connectivity index is 1.92. The van der Waals surface area contributed by atoms with E-state index in [0.717, 1.165) is 36.7 Å². The van der Waals surface area contributed by atoms with E-state index in [-0.39, 0.29) is 11.7 Å². The summed E-state index contributed by atoms with van der Waals surface area (Å²) in [4.78, 5) is 11.2. The highest BCUT2D eigenvalue weighted by Crippen LogP contribution is 2.39. The number of carbonyl (C=O) groups is 1. The summed E-state index contributed by atoms with van der Waals surface area (Å²) in [5, 5.41) is 20.7. The van der Waals surface area contributed by atoms with Crippen LogP contribution in [0.1, 0.15) is 29.2 Å².